The number of sulfonamides is 2. The van der Waals surface area contributed by atoms with Crippen LogP contribution in [0.1, 0.15) is 48.5 Å². The van der Waals surface area contributed by atoms with E-state index in [1.165, 1.54) is 11.3 Å². The maximum absolute atomic E-state index is 13.1. The van der Waals surface area contributed by atoms with Gasteiger partial charge in [-0.3, -0.25) is 9.44 Å². The molecule has 0 spiro atoms. The van der Waals surface area contributed by atoms with E-state index in [0.717, 1.165) is 43.5 Å². The van der Waals surface area contributed by atoms with Gasteiger partial charge in [0.25, 0.3) is 20.0 Å². The molecule has 330 valence electrons. The molecule has 0 aliphatic heterocycles. The highest BCUT2D eigenvalue weighted by atomic mass is 35.5. The molecule has 0 unspecified atom stereocenters. The van der Waals surface area contributed by atoms with Crippen molar-refractivity contribution in [1.82, 2.24) is 0 Å². The van der Waals surface area contributed by atoms with E-state index in [1.54, 1.807) is 116 Å². The van der Waals surface area contributed by atoms with Crippen LogP contribution in [0.15, 0.2) is 179 Å². The summed E-state index contributed by atoms with van der Waals surface area (Å²) >= 11 is 7.29. The molecule has 0 aliphatic carbocycles. The molecule has 7 aromatic carbocycles. The van der Waals surface area contributed by atoms with Gasteiger partial charge >= 0.3 is 11.9 Å². The summed E-state index contributed by atoms with van der Waals surface area (Å²) in [6.45, 7) is 1.78. The molecule has 1 aromatic heterocycles. The van der Waals surface area contributed by atoms with Gasteiger partial charge in [-0.05, 0) is 156 Å². The van der Waals surface area contributed by atoms with Gasteiger partial charge in [0.05, 0.1) is 16.0 Å². The number of benzene rings is 7. The van der Waals surface area contributed by atoms with Gasteiger partial charge in [0.1, 0.15) is 4.21 Å². The standard InChI is InChI=1S/C27H23NO4S.C24H20ClNO4S2/c29-27(30)24-10-4-6-20(18-24)12-13-21-7-5-11-25(19-21)28-33(31,32)26-16-14-23(15-17-26)22-8-2-1-3-9-22;1-15-21-14-19(25)10-11-22(21)31-24(15)32(29,30)26-20-7-3-5-17(13-20)9-8-16-4-2-6-18(12-16)23(27)28/h1-11,14-19,28H,12-13H2,(H,29,30);2-7,10-14,26H,8-9H2,1H3,(H,27,28). The van der Waals surface area contributed by atoms with Gasteiger partial charge in [-0.2, -0.15) is 0 Å². The zero-order chi connectivity index (χ0) is 46.1. The predicted octanol–water partition coefficient (Wildman–Crippen LogP) is 11.8. The molecule has 0 saturated carbocycles. The third-order valence-corrected chi connectivity index (χ3v) is 15.4. The lowest BCUT2D eigenvalue weighted by Crippen LogP contribution is -2.13. The molecule has 8 rings (SSSR count). The van der Waals surface area contributed by atoms with Crippen molar-refractivity contribution in [3.8, 4) is 11.1 Å². The molecule has 0 amide bonds. The molecule has 0 fully saturated rings. The van der Waals surface area contributed by atoms with Crippen molar-refractivity contribution < 1.29 is 36.6 Å². The molecule has 0 bridgehead atoms. The summed E-state index contributed by atoms with van der Waals surface area (Å²) in [4.78, 5) is 22.5. The van der Waals surface area contributed by atoms with Gasteiger partial charge in [-0.15, -0.1) is 11.3 Å². The van der Waals surface area contributed by atoms with Crippen LogP contribution in [0.25, 0.3) is 21.2 Å². The van der Waals surface area contributed by atoms with E-state index in [9.17, 15) is 26.4 Å². The van der Waals surface area contributed by atoms with E-state index >= 15 is 0 Å². The van der Waals surface area contributed by atoms with Gasteiger partial charge < -0.3 is 10.2 Å². The SMILES string of the molecule is Cc1c(S(=O)(=O)Nc2cccc(CCc3cccc(C(=O)O)c3)c2)sc2ccc(Cl)cc12.O=C(O)c1cccc(CCc2cccc(NS(=O)(=O)c3ccc(-c4ccccc4)cc3)c2)c1. The normalized spacial score (nSPS) is 11.4. The van der Waals surface area contributed by atoms with Crippen molar-refractivity contribution in [2.24, 2.45) is 0 Å². The summed E-state index contributed by atoms with van der Waals surface area (Å²) in [6, 6.07) is 50.1. The summed E-state index contributed by atoms with van der Waals surface area (Å²) in [6.07, 6.45) is 2.61. The maximum atomic E-state index is 13.1. The molecule has 65 heavy (non-hydrogen) atoms. The number of halogens is 1. The minimum absolute atomic E-state index is 0.193. The molecule has 0 aliphatic rings. The van der Waals surface area contributed by atoms with Crippen molar-refractivity contribution in [1.29, 1.82) is 0 Å². The number of aromatic carboxylic acids is 2. The number of fused-ring (bicyclic) bond motifs is 1. The topological polar surface area (TPSA) is 167 Å². The molecule has 14 heteroatoms. The monoisotopic (exact) mass is 942 g/mol. The fraction of sp³-hybridized carbons (Fsp3) is 0.0980. The predicted molar refractivity (Wildman–Crippen MR) is 260 cm³/mol. The lowest BCUT2D eigenvalue weighted by Gasteiger charge is -2.11. The second-order valence-corrected chi connectivity index (χ2v) is 20.2. The number of thiophene rings is 1. The fourth-order valence-corrected chi connectivity index (χ4v) is 11.2. The summed E-state index contributed by atoms with van der Waals surface area (Å²) in [7, 11) is -7.48. The Labute approximate surface area is 386 Å². The second kappa shape index (κ2) is 20.4. The largest absolute Gasteiger partial charge is 0.478 e. The lowest BCUT2D eigenvalue weighted by atomic mass is 10.0. The molecular weight excluding hydrogens is 900 g/mol. The molecule has 1 heterocycles. The number of hydrogen-bond donors (Lipinski definition) is 4. The summed E-state index contributed by atoms with van der Waals surface area (Å²) in [5, 5.41) is 19.7. The first-order valence-electron chi connectivity index (χ1n) is 20.4. The van der Waals surface area contributed by atoms with Crippen LogP contribution in [-0.4, -0.2) is 39.0 Å². The third kappa shape index (κ3) is 12.1. The smallest absolute Gasteiger partial charge is 0.335 e. The van der Waals surface area contributed by atoms with Crippen LogP contribution in [0.2, 0.25) is 5.02 Å². The Kier molecular flexibility index (Phi) is 14.5. The van der Waals surface area contributed by atoms with E-state index in [4.69, 9.17) is 21.8 Å². The molecule has 10 nitrogen and oxygen atoms in total. The number of rotatable bonds is 15. The van der Waals surface area contributed by atoms with Crippen LogP contribution in [0.3, 0.4) is 0 Å². The highest BCUT2D eigenvalue weighted by Gasteiger charge is 2.22. The number of carboxylic acid groups (broad SMARTS) is 2. The van der Waals surface area contributed by atoms with Crippen LogP contribution >= 0.6 is 22.9 Å². The lowest BCUT2D eigenvalue weighted by molar-refractivity contribution is 0.0686. The Hall–Kier alpha value is -6.77. The first-order chi connectivity index (χ1) is 31.1. The van der Waals surface area contributed by atoms with Crippen molar-refractivity contribution >= 4 is 76.4 Å². The first-order valence-corrected chi connectivity index (χ1v) is 24.5. The Morgan fingerprint density at radius 2 is 0.985 bits per heavy atom. The molecular formula is C51H43ClN2O8S3. The van der Waals surface area contributed by atoms with Crippen molar-refractivity contribution in [2.45, 2.75) is 41.7 Å². The molecule has 0 radical (unpaired) electrons. The third-order valence-electron chi connectivity index (χ3n) is 10.5. The van der Waals surface area contributed by atoms with Crippen LogP contribution in [0.5, 0.6) is 0 Å². The van der Waals surface area contributed by atoms with Gasteiger partial charge in [0, 0.05) is 21.1 Å². The van der Waals surface area contributed by atoms with Crippen molar-refractivity contribution in [3.63, 3.8) is 0 Å². The van der Waals surface area contributed by atoms with E-state index in [1.807, 2.05) is 60.7 Å². The number of carbonyl (C=O) groups is 2. The van der Waals surface area contributed by atoms with Gasteiger partial charge in [-0.25, -0.2) is 26.4 Å². The number of carboxylic acids is 2. The van der Waals surface area contributed by atoms with Crippen LogP contribution in [-0.2, 0) is 45.7 Å². The number of nitrogens with one attached hydrogen (secondary N) is 2. The van der Waals surface area contributed by atoms with E-state index < -0.39 is 32.0 Å². The van der Waals surface area contributed by atoms with Crippen LogP contribution < -0.4 is 9.44 Å². The first kappa shape index (κ1) is 46.2. The summed E-state index contributed by atoms with van der Waals surface area (Å²) in [5.74, 6) is -1.91. The second-order valence-electron chi connectivity index (χ2n) is 15.2. The van der Waals surface area contributed by atoms with Gasteiger partial charge in [0.15, 0.2) is 0 Å². The molecule has 8 aromatic rings. The minimum atomic E-state index is -3.76. The van der Waals surface area contributed by atoms with Crippen LogP contribution in [0.4, 0.5) is 11.4 Å². The van der Waals surface area contributed by atoms with Gasteiger partial charge in [0.2, 0.25) is 0 Å². The maximum Gasteiger partial charge on any atom is 0.335 e. The van der Waals surface area contributed by atoms with Crippen molar-refractivity contribution in [2.75, 3.05) is 9.44 Å². The van der Waals surface area contributed by atoms with Crippen LogP contribution in [0, 0.1) is 6.92 Å². The molecule has 0 atom stereocenters. The average molecular weight is 944 g/mol. The van der Waals surface area contributed by atoms with Crippen molar-refractivity contribution in [3.05, 3.63) is 214 Å². The minimum Gasteiger partial charge on any atom is -0.478 e. The number of anilines is 2. The Bertz CT molecular complexity index is 3230. The zero-order valence-electron chi connectivity index (χ0n) is 34.9. The summed E-state index contributed by atoms with van der Waals surface area (Å²) in [5.41, 5.74) is 7.86. The Morgan fingerprint density at radius 3 is 1.49 bits per heavy atom. The van der Waals surface area contributed by atoms with E-state index in [0.29, 0.717) is 47.6 Å². The zero-order valence-corrected chi connectivity index (χ0v) is 38.1. The quantitative estimate of drug-likeness (QED) is 0.0788. The Morgan fingerprint density at radius 1 is 0.523 bits per heavy atom. The molecule has 4 N–H and O–H groups in total. The highest BCUT2D eigenvalue weighted by molar-refractivity contribution is 7.95. The average Bonchev–Trinajstić information content (AvgIpc) is 3.64. The number of hydrogen-bond acceptors (Lipinski definition) is 7. The van der Waals surface area contributed by atoms with E-state index in [2.05, 4.69) is 9.44 Å². The highest BCUT2D eigenvalue weighted by Crippen LogP contribution is 2.36. The molecule has 0 saturated heterocycles. The summed E-state index contributed by atoms with van der Waals surface area (Å²) < 4.78 is 58.4. The fourth-order valence-electron chi connectivity index (χ4n) is 7.18. The Balaban J connectivity index is 0.000000194. The van der Waals surface area contributed by atoms with Gasteiger partial charge in [-0.1, -0.05) is 103 Å². The van der Waals surface area contributed by atoms with E-state index in [-0.39, 0.29) is 20.2 Å². The number of aryl methyl sites for hydroxylation is 5.